The van der Waals surface area contributed by atoms with Crippen molar-refractivity contribution in [1.29, 1.82) is 0 Å². The Kier molecular flexibility index (Phi) is 6.03. The molecule has 0 radical (unpaired) electrons. The van der Waals surface area contributed by atoms with Gasteiger partial charge in [-0.15, -0.1) is 0 Å². The second kappa shape index (κ2) is 8.64. The van der Waals surface area contributed by atoms with Gasteiger partial charge in [0.05, 0.1) is 12.8 Å². The zero-order valence-corrected chi connectivity index (χ0v) is 15.9. The summed E-state index contributed by atoms with van der Waals surface area (Å²) in [7, 11) is 1.63. The van der Waals surface area contributed by atoms with E-state index in [1.165, 1.54) is 23.5 Å². The minimum Gasteiger partial charge on any atom is -0.497 e. The minimum absolute atomic E-state index is 0.148. The van der Waals surface area contributed by atoms with E-state index in [0.717, 1.165) is 23.4 Å². The Morgan fingerprint density at radius 1 is 1.15 bits per heavy atom. The molecule has 140 valence electrons. The van der Waals surface area contributed by atoms with Crippen LogP contribution in [0, 0.1) is 12.7 Å². The highest BCUT2D eigenvalue weighted by atomic mass is 32.1. The zero-order valence-electron chi connectivity index (χ0n) is 15.1. The Labute approximate surface area is 161 Å². The van der Waals surface area contributed by atoms with Crippen molar-refractivity contribution in [3.05, 3.63) is 70.5 Å². The first-order valence-corrected chi connectivity index (χ1v) is 9.28. The first-order valence-electron chi connectivity index (χ1n) is 8.46. The van der Waals surface area contributed by atoms with Crippen LogP contribution in [0.3, 0.4) is 0 Å². The molecule has 0 atom stereocenters. The average Bonchev–Trinajstić information content (AvgIpc) is 3.04. The summed E-state index contributed by atoms with van der Waals surface area (Å²) in [4.78, 5) is 17.4. The number of rotatable bonds is 7. The van der Waals surface area contributed by atoms with Gasteiger partial charge in [0.1, 0.15) is 16.4 Å². The number of benzene rings is 2. The maximum atomic E-state index is 13.0. The van der Waals surface area contributed by atoms with Gasteiger partial charge < -0.3 is 15.4 Å². The number of nitrogens with zero attached hydrogens (tertiary/aromatic N) is 1. The molecule has 0 fully saturated rings. The first kappa shape index (κ1) is 18.8. The largest absolute Gasteiger partial charge is 0.497 e. The first-order chi connectivity index (χ1) is 13.0. The highest BCUT2D eigenvalue weighted by Gasteiger charge is 2.15. The average molecular weight is 385 g/mol. The van der Waals surface area contributed by atoms with Crippen molar-refractivity contribution in [2.75, 3.05) is 19.0 Å². The molecular formula is C20H20FN3O2S. The van der Waals surface area contributed by atoms with Crippen molar-refractivity contribution in [1.82, 2.24) is 10.3 Å². The van der Waals surface area contributed by atoms with Crippen molar-refractivity contribution >= 4 is 28.1 Å². The van der Waals surface area contributed by atoms with Gasteiger partial charge in [0.2, 0.25) is 0 Å². The van der Waals surface area contributed by atoms with E-state index >= 15 is 0 Å². The zero-order chi connectivity index (χ0) is 19.2. The molecule has 0 aliphatic rings. The van der Waals surface area contributed by atoms with Gasteiger partial charge in [0.15, 0.2) is 5.13 Å². The van der Waals surface area contributed by atoms with Gasteiger partial charge in [0, 0.05) is 12.2 Å². The molecular weight excluding hydrogens is 365 g/mol. The van der Waals surface area contributed by atoms with Gasteiger partial charge in [-0.3, -0.25) is 4.79 Å². The Balaban J connectivity index is 1.56. The number of anilines is 2. The lowest BCUT2D eigenvalue weighted by molar-refractivity contribution is 0.0957. The standard InChI is InChI=1S/C20H20FN3O2S/c1-13-18(27-20(23-13)24-16-7-5-15(21)6-8-16)19(25)22-12-11-14-3-9-17(26-2)10-4-14/h3-10H,11-12H2,1-2H3,(H,22,25)(H,23,24). The number of methoxy groups -OCH3 is 1. The van der Waals surface area contributed by atoms with Gasteiger partial charge in [-0.1, -0.05) is 23.5 Å². The topological polar surface area (TPSA) is 63.2 Å². The lowest BCUT2D eigenvalue weighted by atomic mass is 10.1. The van der Waals surface area contributed by atoms with Crippen LogP contribution < -0.4 is 15.4 Å². The molecule has 7 heteroatoms. The smallest absolute Gasteiger partial charge is 0.263 e. The van der Waals surface area contributed by atoms with Crippen LogP contribution in [0.2, 0.25) is 0 Å². The fraction of sp³-hybridized carbons (Fsp3) is 0.200. The van der Waals surface area contributed by atoms with E-state index in [0.29, 0.717) is 22.2 Å². The van der Waals surface area contributed by atoms with Gasteiger partial charge in [-0.25, -0.2) is 9.37 Å². The van der Waals surface area contributed by atoms with E-state index in [2.05, 4.69) is 15.6 Å². The fourth-order valence-electron chi connectivity index (χ4n) is 2.51. The summed E-state index contributed by atoms with van der Waals surface area (Å²) in [5, 5.41) is 6.61. The van der Waals surface area contributed by atoms with E-state index < -0.39 is 0 Å². The van der Waals surface area contributed by atoms with Gasteiger partial charge in [0.25, 0.3) is 5.91 Å². The van der Waals surface area contributed by atoms with Crippen LogP contribution in [0.25, 0.3) is 0 Å². The van der Waals surface area contributed by atoms with E-state index in [9.17, 15) is 9.18 Å². The number of carbonyl (C=O) groups excluding carboxylic acids is 1. The summed E-state index contributed by atoms with van der Waals surface area (Å²) < 4.78 is 18.1. The van der Waals surface area contributed by atoms with Gasteiger partial charge in [-0.05, 0) is 55.3 Å². The summed E-state index contributed by atoms with van der Waals surface area (Å²) in [6.07, 6.45) is 0.730. The Morgan fingerprint density at radius 2 is 1.85 bits per heavy atom. The predicted octanol–water partition coefficient (Wildman–Crippen LogP) is 4.32. The third kappa shape index (κ3) is 5.04. The highest BCUT2D eigenvalue weighted by Crippen LogP contribution is 2.25. The molecule has 0 saturated carbocycles. The summed E-state index contributed by atoms with van der Waals surface area (Å²) in [6.45, 7) is 2.33. The lowest BCUT2D eigenvalue weighted by Gasteiger charge is -2.05. The van der Waals surface area contributed by atoms with E-state index in [1.807, 2.05) is 24.3 Å². The molecule has 0 spiro atoms. The molecule has 0 unspecified atom stereocenters. The molecule has 0 saturated heterocycles. The maximum absolute atomic E-state index is 13.0. The van der Waals surface area contributed by atoms with Crippen LogP contribution in [0.4, 0.5) is 15.2 Å². The second-order valence-corrected chi connectivity index (χ2v) is 6.92. The predicted molar refractivity (Wildman–Crippen MR) is 106 cm³/mol. The number of thiazole rings is 1. The molecule has 5 nitrogen and oxygen atoms in total. The molecule has 0 aliphatic heterocycles. The number of hydrogen-bond donors (Lipinski definition) is 2. The Hall–Kier alpha value is -2.93. The van der Waals surface area contributed by atoms with E-state index in [1.54, 1.807) is 26.2 Å². The minimum atomic E-state index is -0.298. The number of amides is 1. The summed E-state index contributed by atoms with van der Waals surface area (Å²) in [6, 6.07) is 13.8. The number of hydrogen-bond acceptors (Lipinski definition) is 5. The summed E-state index contributed by atoms with van der Waals surface area (Å²) in [5.41, 5.74) is 2.50. The highest BCUT2D eigenvalue weighted by molar-refractivity contribution is 7.17. The molecule has 1 amide bonds. The van der Waals surface area contributed by atoms with E-state index in [-0.39, 0.29) is 11.7 Å². The van der Waals surface area contributed by atoms with Crippen molar-refractivity contribution < 1.29 is 13.9 Å². The fourth-order valence-corrected chi connectivity index (χ4v) is 3.41. The normalized spacial score (nSPS) is 10.5. The molecule has 2 aromatic carbocycles. The van der Waals surface area contributed by atoms with Crippen molar-refractivity contribution in [3.63, 3.8) is 0 Å². The third-order valence-corrected chi connectivity index (χ3v) is 5.03. The molecule has 0 bridgehead atoms. The monoisotopic (exact) mass is 385 g/mol. The van der Waals surface area contributed by atoms with Gasteiger partial charge >= 0.3 is 0 Å². The third-order valence-electron chi connectivity index (χ3n) is 3.96. The number of carbonyl (C=O) groups is 1. The van der Waals surface area contributed by atoms with Crippen LogP contribution >= 0.6 is 11.3 Å². The van der Waals surface area contributed by atoms with E-state index in [4.69, 9.17) is 4.74 Å². The second-order valence-electron chi connectivity index (χ2n) is 5.92. The number of aryl methyl sites for hydroxylation is 1. The number of aromatic nitrogens is 1. The molecule has 27 heavy (non-hydrogen) atoms. The molecule has 1 heterocycles. The molecule has 2 N–H and O–H groups in total. The van der Waals surface area contributed by atoms with Crippen molar-refractivity contribution in [3.8, 4) is 5.75 Å². The van der Waals surface area contributed by atoms with Crippen LogP contribution in [0.1, 0.15) is 20.9 Å². The molecule has 3 rings (SSSR count). The van der Waals surface area contributed by atoms with Crippen molar-refractivity contribution in [2.24, 2.45) is 0 Å². The maximum Gasteiger partial charge on any atom is 0.263 e. The Bertz CT molecular complexity index is 908. The van der Waals surface area contributed by atoms with Crippen molar-refractivity contribution in [2.45, 2.75) is 13.3 Å². The molecule has 1 aromatic heterocycles. The van der Waals surface area contributed by atoms with Crippen LogP contribution in [-0.2, 0) is 6.42 Å². The van der Waals surface area contributed by atoms with Crippen LogP contribution in [-0.4, -0.2) is 24.5 Å². The lowest BCUT2D eigenvalue weighted by Crippen LogP contribution is -2.25. The molecule has 3 aromatic rings. The summed E-state index contributed by atoms with van der Waals surface area (Å²) >= 11 is 1.27. The van der Waals surface area contributed by atoms with Crippen LogP contribution in [0.15, 0.2) is 48.5 Å². The number of halogens is 1. The van der Waals surface area contributed by atoms with Gasteiger partial charge in [-0.2, -0.15) is 0 Å². The molecule has 0 aliphatic carbocycles. The number of ether oxygens (including phenoxy) is 1. The SMILES string of the molecule is COc1ccc(CCNC(=O)c2sc(Nc3ccc(F)cc3)nc2C)cc1. The number of nitrogens with one attached hydrogen (secondary N) is 2. The quantitative estimate of drug-likeness (QED) is 0.636. The summed E-state index contributed by atoms with van der Waals surface area (Å²) in [5.74, 6) is 0.364. The Morgan fingerprint density at radius 3 is 2.52 bits per heavy atom. The van der Waals surface area contributed by atoms with Crippen LogP contribution in [0.5, 0.6) is 5.75 Å².